The van der Waals surface area contributed by atoms with Gasteiger partial charge >= 0.3 is 12.0 Å². The van der Waals surface area contributed by atoms with Crippen LogP contribution in [0.3, 0.4) is 0 Å². The number of urea groups is 1. The summed E-state index contributed by atoms with van der Waals surface area (Å²) in [6, 6.07) is 13.6. The van der Waals surface area contributed by atoms with E-state index in [0.717, 1.165) is 4.90 Å². The topological polar surface area (TPSA) is 124 Å². The largest absolute Gasteiger partial charge is 0.462 e. The van der Waals surface area contributed by atoms with E-state index in [2.05, 4.69) is 5.32 Å². The first-order chi connectivity index (χ1) is 16.9. The molecule has 0 atom stereocenters. The normalized spacial score (nSPS) is 16.0. The number of nitrogens with one attached hydrogen (secondary N) is 1. The van der Waals surface area contributed by atoms with Crippen LogP contribution in [0.25, 0.3) is 17.4 Å². The summed E-state index contributed by atoms with van der Waals surface area (Å²) < 4.78 is 21.3. The van der Waals surface area contributed by atoms with E-state index >= 15 is 0 Å². The van der Waals surface area contributed by atoms with E-state index in [1.165, 1.54) is 18.2 Å². The SMILES string of the molecule is CCOC(=O)c1ccc(-c2ccc(/C=C3\C(=O)NC(=O)N(c4ccc5c(c4)OCO5)C3=O)o2)cc1. The molecule has 2 aromatic carbocycles. The van der Waals surface area contributed by atoms with Crippen LogP contribution in [-0.2, 0) is 14.3 Å². The van der Waals surface area contributed by atoms with Crippen molar-refractivity contribution in [2.75, 3.05) is 18.3 Å². The van der Waals surface area contributed by atoms with Crippen molar-refractivity contribution in [2.24, 2.45) is 0 Å². The summed E-state index contributed by atoms with van der Waals surface area (Å²) in [7, 11) is 0. The van der Waals surface area contributed by atoms with Gasteiger partial charge in [-0.15, -0.1) is 0 Å². The van der Waals surface area contributed by atoms with Crippen molar-refractivity contribution in [2.45, 2.75) is 6.92 Å². The summed E-state index contributed by atoms with van der Waals surface area (Å²) in [4.78, 5) is 50.6. The Labute approximate surface area is 198 Å². The van der Waals surface area contributed by atoms with Crippen molar-refractivity contribution >= 4 is 35.6 Å². The maximum atomic E-state index is 13.1. The highest BCUT2D eigenvalue weighted by atomic mass is 16.7. The molecule has 0 unspecified atom stereocenters. The number of hydrogen-bond donors (Lipinski definition) is 1. The van der Waals surface area contributed by atoms with Crippen molar-refractivity contribution in [3.05, 3.63) is 71.5 Å². The highest BCUT2D eigenvalue weighted by Crippen LogP contribution is 2.36. The Morgan fingerprint density at radius 1 is 1.03 bits per heavy atom. The van der Waals surface area contributed by atoms with Crippen LogP contribution in [0.2, 0.25) is 0 Å². The number of amides is 4. The average Bonchev–Trinajstić information content (AvgIpc) is 3.51. The number of benzene rings is 2. The van der Waals surface area contributed by atoms with Gasteiger partial charge in [0.15, 0.2) is 11.5 Å². The first kappa shape index (κ1) is 22.0. The molecule has 10 nitrogen and oxygen atoms in total. The molecule has 0 saturated carbocycles. The number of carbonyl (C=O) groups excluding carboxylic acids is 4. The standard InChI is InChI=1S/C25H18N2O8/c1-2-32-24(30)15-5-3-14(4-6-15)19-10-8-17(35-19)12-18-22(28)26-25(31)27(23(18)29)16-7-9-20-21(11-16)34-13-33-20/h3-12H,2,13H2,1H3,(H,26,28,31)/b18-12+. The molecule has 4 amide bonds. The number of barbiturate groups is 1. The molecule has 1 N–H and O–H groups in total. The third-order valence-electron chi connectivity index (χ3n) is 5.31. The van der Waals surface area contributed by atoms with Gasteiger partial charge in [0.05, 0.1) is 17.9 Å². The van der Waals surface area contributed by atoms with Crippen LogP contribution >= 0.6 is 0 Å². The van der Waals surface area contributed by atoms with E-state index in [1.807, 2.05) is 0 Å². The van der Waals surface area contributed by atoms with Gasteiger partial charge < -0.3 is 18.6 Å². The fraction of sp³-hybridized carbons (Fsp3) is 0.120. The van der Waals surface area contributed by atoms with Crippen LogP contribution in [0.5, 0.6) is 11.5 Å². The molecule has 0 aliphatic carbocycles. The van der Waals surface area contributed by atoms with Crippen LogP contribution in [0.4, 0.5) is 10.5 Å². The molecule has 176 valence electrons. The number of rotatable bonds is 5. The lowest BCUT2D eigenvalue weighted by Crippen LogP contribution is -2.54. The van der Waals surface area contributed by atoms with Crippen molar-refractivity contribution in [3.63, 3.8) is 0 Å². The maximum Gasteiger partial charge on any atom is 0.338 e. The van der Waals surface area contributed by atoms with Gasteiger partial charge in [0.2, 0.25) is 6.79 Å². The van der Waals surface area contributed by atoms with Gasteiger partial charge in [-0.25, -0.2) is 14.5 Å². The zero-order chi connectivity index (χ0) is 24.5. The highest BCUT2D eigenvalue weighted by molar-refractivity contribution is 6.39. The average molecular weight is 474 g/mol. The second-order valence-electron chi connectivity index (χ2n) is 7.50. The van der Waals surface area contributed by atoms with Crippen LogP contribution in [0.1, 0.15) is 23.0 Å². The summed E-state index contributed by atoms with van der Waals surface area (Å²) in [5.74, 6) is -0.512. The number of fused-ring (bicyclic) bond motifs is 1. The summed E-state index contributed by atoms with van der Waals surface area (Å²) in [5, 5.41) is 2.16. The third-order valence-corrected chi connectivity index (χ3v) is 5.31. The Balaban J connectivity index is 1.40. The number of anilines is 1. The molecule has 10 heteroatoms. The molecule has 1 fully saturated rings. The molecule has 0 bridgehead atoms. The number of esters is 1. The zero-order valence-electron chi connectivity index (χ0n) is 18.4. The summed E-state index contributed by atoms with van der Waals surface area (Å²) in [6.07, 6.45) is 1.26. The lowest BCUT2D eigenvalue weighted by atomic mass is 10.1. The molecule has 2 aliphatic heterocycles. The van der Waals surface area contributed by atoms with Gasteiger partial charge in [-0.1, -0.05) is 12.1 Å². The van der Waals surface area contributed by atoms with Crippen molar-refractivity contribution in [1.29, 1.82) is 0 Å². The predicted molar refractivity (Wildman–Crippen MR) is 122 cm³/mol. The summed E-state index contributed by atoms with van der Waals surface area (Å²) in [6.45, 7) is 2.04. The Kier molecular flexibility index (Phi) is 5.54. The molecular formula is C25H18N2O8. The number of hydrogen-bond acceptors (Lipinski definition) is 8. The predicted octanol–water partition coefficient (Wildman–Crippen LogP) is 3.52. The van der Waals surface area contributed by atoms with Crippen LogP contribution in [0.15, 0.2) is 64.6 Å². The molecule has 0 spiro atoms. The first-order valence-electron chi connectivity index (χ1n) is 10.6. The van der Waals surface area contributed by atoms with Gasteiger partial charge in [0.1, 0.15) is 17.1 Å². The van der Waals surface area contributed by atoms with Crippen molar-refractivity contribution in [3.8, 4) is 22.8 Å². The summed E-state index contributed by atoms with van der Waals surface area (Å²) in [5.41, 5.74) is 1.03. The van der Waals surface area contributed by atoms with Gasteiger partial charge in [0.25, 0.3) is 11.8 Å². The highest BCUT2D eigenvalue weighted by Gasteiger charge is 2.37. The Morgan fingerprint density at radius 2 is 1.80 bits per heavy atom. The Bertz CT molecular complexity index is 1390. The minimum atomic E-state index is -0.877. The molecule has 35 heavy (non-hydrogen) atoms. The van der Waals surface area contributed by atoms with E-state index in [4.69, 9.17) is 18.6 Å². The van der Waals surface area contributed by atoms with E-state index in [-0.39, 0.29) is 30.4 Å². The van der Waals surface area contributed by atoms with E-state index < -0.39 is 23.8 Å². The maximum absolute atomic E-state index is 13.1. The smallest absolute Gasteiger partial charge is 0.338 e. The lowest BCUT2D eigenvalue weighted by molar-refractivity contribution is -0.122. The van der Waals surface area contributed by atoms with E-state index in [9.17, 15) is 19.2 Å². The zero-order valence-corrected chi connectivity index (χ0v) is 18.4. The number of furan rings is 1. The Morgan fingerprint density at radius 3 is 2.57 bits per heavy atom. The fourth-order valence-corrected chi connectivity index (χ4v) is 3.63. The van der Waals surface area contributed by atoms with Gasteiger partial charge in [-0.2, -0.15) is 0 Å². The molecule has 0 radical (unpaired) electrons. The fourth-order valence-electron chi connectivity index (χ4n) is 3.63. The van der Waals surface area contributed by atoms with Crippen LogP contribution < -0.4 is 19.7 Å². The van der Waals surface area contributed by atoms with Gasteiger partial charge in [-0.3, -0.25) is 14.9 Å². The number of imide groups is 2. The first-order valence-corrected chi connectivity index (χ1v) is 10.6. The summed E-state index contributed by atoms with van der Waals surface area (Å²) >= 11 is 0. The second kappa shape index (κ2) is 8.82. The molecule has 1 aromatic heterocycles. The van der Waals surface area contributed by atoms with Crippen LogP contribution in [0, 0.1) is 0 Å². The molecule has 5 rings (SSSR count). The van der Waals surface area contributed by atoms with Crippen LogP contribution in [-0.4, -0.2) is 37.2 Å². The number of carbonyl (C=O) groups is 4. The Hall–Kier alpha value is -4.86. The van der Waals surface area contributed by atoms with E-state index in [1.54, 1.807) is 49.4 Å². The van der Waals surface area contributed by atoms with Crippen molar-refractivity contribution < 1.29 is 37.8 Å². The number of nitrogens with zero attached hydrogens (tertiary/aromatic N) is 1. The van der Waals surface area contributed by atoms with Crippen molar-refractivity contribution in [1.82, 2.24) is 5.32 Å². The van der Waals surface area contributed by atoms with E-state index in [0.29, 0.717) is 28.4 Å². The van der Waals surface area contributed by atoms with Gasteiger partial charge in [-0.05, 0) is 49.4 Å². The third kappa shape index (κ3) is 4.12. The number of ether oxygens (including phenoxy) is 3. The molecular weight excluding hydrogens is 456 g/mol. The minimum Gasteiger partial charge on any atom is -0.462 e. The monoisotopic (exact) mass is 474 g/mol. The minimum absolute atomic E-state index is 0.0367. The molecule has 3 heterocycles. The quantitative estimate of drug-likeness (QED) is 0.338. The second-order valence-corrected chi connectivity index (χ2v) is 7.50. The molecule has 3 aromatic rings. The molecule has 2 aliphatic rings. The van der Waals surface area contributed by atoms with Gasteiger partial charge in [0, 0.05) is 11.6 Å². The molecule has 1 saturated heterocycles. The lowest BCUT2D eigenvalue weighted by Gasteiger charge is -2.26.